The molecular weight excluding hydrogens is 424 g/mol. The molecule has 0 aliphatic rings. The summed E-state index contributed by atoms with van der Waals surface area (Å²) in [6.07, 6.45) is 4.37. The van der Waals surface area contributed by atoms with Crippen LogP contribution in [-0.4, -0.2) is 23.9 Å². The molecule has 0 radical (unpaired) electrons. The average molecular weight is 455 g/mol. The lowest BCUT2D eigenvalue weighted by atomic mass is 10.1. The molecule has 0 atom stereocenters. The summed E-state index contributed by atoms with van der Waals surface area (Å²) >= 11 is 0. The maximum atomic E-state index is 12.1. The Hall–Kier alpha value is -4.08. The Morgan fingerprint density at radius 3 is 1.85 bits per heavy atom. The van der Waals surface area contributed by atoms with Crippen LogP contribution >= 0.6 is 0 Å². The summed E-state index contributed by atoms with van der Waals surface area (Å²) in [4.78, 5) is 47.2. The summed E-state index contributed by atoms with van der Waals surface area (Å²) in [5.74, 6) is -0.568. The number of nitrogens with one attached hydrogen (secondary N) is 4. The van der Waals surface area contributed by atoms with E-state index in [0.717, 1.165) is 24.3 Å². The Kier molecular flexibility index (Phi) is 10.7. The second-order valence-electron chi connectivity index (χ2n) is 7.31. The van der Waals surface area contributed by atoms with Crippen molar-refractivity contribution in [3.05, 3.63) is 60.7 Å². The minimum atomic E-state index is -0.764. The first kappa shape index (κ1) is 25.2. The second-order valence-corrected chi connectivity index (χ2v) is 7.31. The fraction of sp³-hybridized carbons (Fsp3) is 0.304. The van der Waals surface area contributed by atoms with Crippen molar-refractivity contribution >= 4 is 35.3 Å². The van der Waals surface area contributed by atoms with E-state index in [2.05, 4.69) is 21.6 Å². The molecule has 2 aromatic rings. The van der Waals surface area contributed by atoms with Gasteiger partial charge in [-0.25, -0.2) is 20.0 Å². The molecule has 2 rings (SSSR count). The normalized spacial score (nSPS) is 10.1. The van der Waals surface area contributed by atoms with Crippen LogP contribution in [0, 0.1) is 0 Å². The van der Waals surface area contributed by atoms with Gasteiger partial charge in [-0.2, -0.15) is 0 Å². The minimum absolute atomic E-state index is 0.261. The number of carbonyl (C=O) groups is 4. The van der Waals surface area contributed by atoms with E-state index in [0.29, 0.717) is 24.2 Å². The van der Waals surface area contributed by atoms with Crippen LogP contribution in [0.2, 0.25) is 0 Å². The van der Waals surface area contributed by atoms with Crippen molar-refractivity contribution in [2.75, 3.05) is 10.3 Å². The smallest absolute Gasteiger partial charge is 0.338 e. The molecule has 6 amide bonds. The molecule has 0 aliphatic heterocycles. The molecule has 0 aliphatic carbocycles. The fourth-order valence-corrected chi connectivity index (χ4v) is 2.98. The maximum Gasteiger partial charge on any atom is 0.338 e. The third-order valence-corrected chi connectivity index (χ3v) is 4.63. The SMILES string of the molecule is NC(=O)N(NC(=O)CCCCCCCC(=O)NNC(=O)Nc1ccccc1)c1ccccc1. The largest absolute Gasteiger partial charge is 0.350 e. The van der Waals surface area contributed by atoms with Crippen LogP contribution < -0.4 is 32.3 Å². The van der Waals surface area contributed by atoms with E-state index < -0.39 is 12.1 Å². The first-order chi connectivity index (χ1) is 16.0. The van der Waals surface area contributed by atoms with Gasteiger partial charge in [-0.05, 0) is 37.1 Å². The van der Waals surface area contributed by atoms with Gasteiger partial charge in [0, 0.05) is 18.5 Å². The summed E-state index contributed by atoms with van der Waals surface area (Å²) in [7, 11) is 0. The summed E-state index contributed by atoms with van der Waals surface area (Å²) < 4.78 is 0. The highest BCUT2D eigenvalue weighted by Gasteiger charge is 2.14. The molecule has 10 heteroatoms. The lowest BCUT2D eigenvalue weighted by molar-refractivity contribution is -0.122. The van der Waals surface area contributed by atoms with Gasteiger partial charge in [0.15, 0.2) is 0 Å². The molecule has 0 heterocycles. The van der Waals surface area contributed by atoms with Crippen LogP contribution in [0.4, 0.5) is 21.0 Å². The summed E-state index contributed by atoms with van der Waals surface area (Å²) in [6.45, 7) is 0. The van der Waals surface area contributed by atoms with E-state index in [4.69, 9.17) is 5.73 Å². The quantitative estimate of drug-likeness (QED) is 0.277. The Morgan fingerprint density at radius 1 is 0.697 bits per heavy atom. The monoisotopic (exact) mass is 454 g/mol. The number of carbonyl (C=O) groups excluding carboxylic acids is 4. The lowest BCUT2D eigenvalue weighted by Gasteiger charge is -2.21. The number of nitrogens with zero attached hydrogens (tertiary/aromatic N) is 1. The number of benzene rings is 2. The summed E-state index contributed by atoms with van der Waals surface area (Å²) in [5.41, 5.74) is 13.6. The number of nitrogens with two attached hydrogens (primary N) is 1. The van der Waals surface area contributed by atoms with E-state index in [1.807, 2.05) is 6.07 Å². The fourth-order valence-electron chi connectivity index (χ4n) is 2.98. The van der Waals surface area contributed by atoms with Gasteiger partial charge in [-0.15, -0.1) is 0 Å². The zero-order chi connectivity index (χ0) is 23.9. The molecule has 0 aromatic heterocycles. The topological polar surface area (TPSA) is 146 Å². The predicted molar refractivity (Wildman–Crippen MR) is 126 cm³/mol. The summed E-state index contributed by atoms with van der Waals surface area (Å²) in [5, 5.41) is 3.62. The molecule has 10 nitrogen and oxygen atoms in total. The third-order valence-electron chi connectivity index (χ3n) is 4.63. The van der Waals surface area contributed by atoms with Gasteiger partial charge >= 0.3 is 12.1 Å². The molecular formula is C23H30N6O4. The van der Waals surface area contributed by atoms with Gasteiger partial charge in [-0.3, -0.25) is 20.4 Å². The number of anilines is 2. The predicted octanol–water partition coefficient (Wildman–Crippen LogP) is 3.19. The van der Waals surface area contributed by atoms with E-state index in [9.17, 15) is 19.2 Å². The van der Waals surface area contributed by atoms with Crippen molar-refractivity contribution in [2.24, 2.45) is 5.73 Å². The molecule has 0 bridgehead atoms. The number of primary amides is 1. The van der Waals surface area contributed by atoms with Crippen LogP contribution in [-0.2, 0) is 9.59 Å². The molecule has 0 fully saturated rings. The van der Waals surface area contributed by atoms with E-state index >= 15 is 0 Å². The zero-order valence-electron chi connectivity index (χ0n) is 18.4. The number of hydrazine groups is 2. The van der Waals surface area contributed by atoms with Crippen LogP contribution in [0.5, 0.6) is 0 Å². The maximum absolute atomic E-state index is 12.1. The van der Waals surface area contributed by atoms with E-state index in [1.54, 1.807) is 54.6 Å². The van der Waals surface area contributed by atoms with Crippen molar-refractivity contribution in [1.29, 1.82) is 0 Å². The van der Waals surface area contributed by atoms with Gasteiger partial charge in [0.05, 0.1) is 5.69 Å². The highest BCUT2D eigenvalue weighted by atomic mass is 16.2. The Labute approximate surface area is 192 Å². The molecule has 0 unspecified atom stereocenters. The van der Waals surface area contributed by atoms with Gasteiger partial charge in [0.2, 0.25) is 11.8 Å². The van der Waals surface area contributed by atoms with E-state index in [-0.39, 0.29) is 24.7 Å². The number of amides is 6. The standard InChI is InChI=1S/C23H30N6O4/c24-22(32)29(19-14-8-5-9-15-19)28-21(31)17-11-3-1-2-10-16-20(30)26-27-23(33)25-18-12-6-4-7-13-18/h4-9,12-15H,1-3,10-11,16-17H2,(H2,24,32)(H,26,30)(H,28,31)(H2,25,27,33). The molecule has 0 spiro atoms. The van der Waals surface area contributed by atoms with Gasteiger partial charge < -0.3 is 11.1 Å². The zero-order valence-corrected chi connectivity index (χ0v) is 18.4. The molecule has 6 N–H and O–H groups in total. The van der Waals surface area contributed by atoms with Crippen LogP contribution in [0.25, 0.3) is 0 Å². The number of rotatable bonds is 10. The first-order valence-electron chi connectivity index (χ1n) is 10.8. The minimum Gasteiger partial charge on any atom is -0.350 e. The number of urea groups is 2. The van der Waals surface area contributed by atoms with Crippen molar-refractivity contribution in [2.45, 2.75) is 44.9 Å². The highest BCUT2D eigenvalue weighted by Crippen LogP contribution is 2.12. The van der Waals surface area contributed by atoms with Crippen LogP contribution in [0.1, 0.15) is 44.9 Å². The number of hydrogen-bond donors (Lipinski definition) is 5. The number of hydrogen-bond acceptors (Lipinski definition) is 4. The van der Waals surface area contributed by atoms with Crippen LogP contribution in [0.15, 0.2) is 60.7 Å². The summed E-state index contributed by atoms with van der Waals surface area (Å²) in [6, 6.07) is 16.2. The molecule has 176 valence electrons. The van der Waals surface area contributed by atoms with E-state index in [1.165, 1.54) is 0 Å². The van der Waals surface area contributed by atoms with Crippen LogP contribution in [0.3, 0.4) is 0 Å². The van der Waals surface area contributed by atoms with Crippen molar-refractivity contribution in [3.8, 4) is 0 Å². The third kappa shape index (κ3) is 10.2. The average Bonchev–Trinajstić information content (AvgIpc) is 2.81. The molecule has 33 heavy (non-hydrogen) atoms. The molecule has 0 saturated carbocycles. The Balaban J connectivity index is 1.51. The Bertz CT molecular complexity index is 908. The van der Waals surface area contributed by atoms with Crippen molar-refractivity contribution in [3.63, 3.8) is 0 Å². The Morgan fingerprint density at radius 2 is 1.24 bits per heavy atom. The van der Waals surface area contributed by atoms with Gasteiger partial charge in [-0.1, -0.05) is 55.7 Å². The molecule has 2 aromatic carbocycles. The van der Waals surface area contributed by atoms with Crippen molar-refractivity contribution < 1.29 is 19.2 Å². The highest BCUT2D eigenvalue weighted by molar-refractivity contribution is 5.94. The number of para-hydroxylation sites is 2. The first-order valence-corrected chi connectivity index (χ1v) is 10.8. The van der Waals surface area contributed by atoms with Gasteiger partial charge in [0.25, 0.3) is 0 Å². The molecule has 0 saturated heterocycles. The lowest BCUT2D eigenvalue weighted by Crippen LogP contribution is -2.49. The van der Waals surface area contributed by atoms with Crippen molar-refractivity contribution in [1.82, 2.24) is 16.3 Å². The van der Waals surface area contributed by atoms with Gasteiger partial charge in [0.1, 0.15) is 0 Å². The second kappa shape index (κ2) is 14.1. The number of unbranched alkanes of at least 4 members (excludes halogenated alkanes) is 4.